The first-order valence-electron chi connectivity index (χ1n) is 6.88. The zero-order valence-electron chi connectivity index (χ0n) is 11.8. The third kappa shape index (κ3) is 2.88. The van der Waals surface area contributed by atoms with Gasteiger partial charge in [-0.2, -0.15) is 0 Å². The number of aryl methyl sites for hydroxylation is 1. The molecule has 2 aromatic heterocycles. The van der Waals surface area contributed by atoms with Crippen molar-refractivity contribution in [1.82, 2.24) is 25.1 Å². The van der Waals surface area contributed by atoms with Gasteiger partial charge in [0.2, 0.25) is 0 Å². The highest BCUT2D eigenvalue weighted by atomic mass is 32.2. The van der Waals surface area contributed by atoms with Gasteiger partial charge in [-0.3, -0.25) is 0 Å². The summed E-state index contributed by atoms with van der Waals surface area (Å²) in [6, 6.07) is 0. The van der Waals surface area contributed by atoms with Crippen LogP contribution >= 0.6 is 11.8 Å². The van der Waals surface area contributed by atoms with E-state index >= 15 is 0 Å². The Bertz CT molecular complexity index is 573. The van der Waals surface area contributed by atoms with E-state index in [2.05, 4.69) is 25.1 Å². The number of hydrogen-bond acceptors (Lipinski definition) is 6. The summed E-state index contributed by atoms with van der Waals surface area (Å²) in [5.41, 5.74) is 0.943. The zero-order valence-corrected chi connectivity index (χ0v) is 12.6. The van der Waals surface area contributed by atoms with Gasteiger partial charge >= 0.3 is 0 Å². The molecule has 0 atom stereocenters. The van der Waals surface area contributed by atoms with E-state index in [9.17, 15) is 0 Å². The van der Waals surface area contributed by atoms with Crippen molar-refractivity contribution in [3.05, 3.63) is 23.7 Å². The fraction of sp³-hybridized carbons (Fsp3) is 0.615. The van der Waals surface area contributed by atoms with Crippen molar-refractivity contribution in [2.75, 3.05) is 13.1 Å². The van der Waals surface area contributed by atoms with Gasteiger partial charge in [-0.25, -0.2) is 4.98 Å². The Morgan fingerprint density at radius 2 is 2.20 bits per heavy atom. The van der Waals surface area contributed by atoms with Crippen LogP contribution in [-0.2, 0) is 12.8 Å². The summed E-state index contributed by atoms with van der Waals surface area (Å²) in [6.07, 6.45) is 3.98. The Kier molecular flexibility index (Phi) is 4.07. The summed E-state index contributed by atoms with van der Waals surface area (Å²) in [4.78, 5) is 4.30. The van der Waals surface area contributed by atoms with Crippen LogP contribution in [0.5, 0.6) is 0 Å². The SMILES string of the molecule is Cc1nc(CSc2nnc(C3CCNCC3)n2C)co1. The smallest absolute Gasteiger partial charge is 0.191 e. The summed E-state index contributed by atoms with van der Waals surface area (Å²) in [5.74, 6) is 3.09. The standard InChI is InChI=1S/C13H19N5OS/c1-9-15-11(7-19-9)8-20-13-17-16-12(18(13)2)10-3-5-14-6-4-10/h7,10,14H,3-6,8H2,1-2H3. The van der Waals surface area contributed by atoms with Gasteiger partial charge in [-0.1, -0.05) is 11.8 Å². The minimum Gasteiger partial charge on any atom is -0.449 e. The minimum atomic E-state index is 0.525. The molecule has 1 aliphatic heterocycles. The van der Waals surface area contributed by atoms with Crippen molar-refractivity contribution in [3.8, 4) is 0 Å². The predicted molar refractivity (Wildman–Crippen MR) is 76.6 cm³/mol. The summed E-state index contributed by atoms with van der Waals surface area (Å²) >= 11 is 1.65. The number of hydrogen-bond donors (Lipinski definition) is 1. The first kappa shape index (κ1) is 13.6. The number of piperidine rings is 1. The highest BCUT2D eigenvalue weighted by Gasteiger charge is 2.21. The first-order chi connectivity index (χ1) is 9.74. The largest absolute Gasteiger partial charge is 0.449 e. The van der Waals surface area contributed by atoms with E-state index in [-0.39, 0.29) is 0 Å². The molecule has 3 rings (SSSR count). The van der Waals surface area contributed by atoms with Crippen molar-refractivity contribution in [2.24, 2.45) is 7.05 Å². The summed E-state index contributed by atoms with van der Waals surface area (Å²) < 4.78 is 7.33. The summed E-state index contributed by atoms with van der Waals surface area (Å²) in [6.45, 7) is 3.99. The molecule has 0 bridgehead atoms. The molecule has 0 amide bonds. The first-order valence-corrected chi connectivity index (χ1v) is 7.86. The fourth-order valence-corrected chi connectivity index (χ4v) is 3.30. The van der Waals surface area contributed by atoms with Crippen LogP contribution < -0.4 is 5.32 Å². The number of nitrogens with one attached hydrogen (secondary N) is 1. The Morgan fingerprint density at radius 1 is 1.40 bits per heavy atom. The molecule has 20 heavy (non-hydrogen) atoms. The van der Waals surface area contributed by atoms with Gasteiger partial charge in [0.1, 0.15) is 12.1 Å². The molecule has 2 aromatic rings. The van der Waals surface area contributed by atoms with Gasteiger partial charge < -0.3 is 14.3 Å². The predicted octanol–water partition coefficient (Wildman–Crippen LogP) is 1.87. The molecular formula is C13H19N5OS. The second kappa shape index (κ2) is 5.97. The second-order valence-corrected chi connectivity index (χ2v) is 6.01. The molecule has 7 heteroatoms. The van der Waals surface area contributed by atoms with E-state index in [1.54, 1.807) is 18.0 Å². The minimum absolute atomic E-state index is 0.525. The Morgan fingerprint density at radius 3 is 2.90 bits per heavy atom. The van der Waals surface area contributed by atoms with Crippen molar-refractivity contribution in [2.45, 2.75) is 36.6 Å². The average Bonchev–Trinajstić information content (AvgIpc) is 3.04. The lowest BCUT2D eigenvalue weighted by Crippen LogP contribution is -2.27. The number of rotatable bonds is 4. The Hall–Kier alpha value is -1.34. The highest BCUT2D eigenvalue weighted by Crippen LogP contribution is 2.27. The summed E-state index contributed by atoms with van der Waals surface area (Å²) in [5, 5.41) is 13.0. The van der Waals surface area contributed by atoms with Gasteiger partial charge in [0.25, 0.3) is 0 Å². The maximum atomic E-state index is 5.21. The van der Waals surface area contributed by atoms with Crippen LogP contribution in [-0.4, -0.2) is 32.8 Å². The van der Waals surface area contributed by atoms with Crippen molar-refractivity contribution in [3.63, 3.8) is 0 Å². The third-order valence-corrected chi connectivity index (χ3v) is 4.64. The molecule has 6 nitrogen and oxygen atoms in total. The monoisotopic (exact) mass is 293 g/mol. The molecule has 1 aliphatic rings. The lowest BCUT2D eigenvalue weighted by Gasteiger charge is -2.21. The lowest BCUT2D eigenvalue weighted by atomic mass is 9.97. The molecule has 1 fully saturated rings. The molecule has 3 heterocycles. The maximum absolute atomic E-state index is 5.21. The van der Waals surface area contributed by atoms with Crippen LogP contribution in [0.4, 0.5) is 0 Å². The molecule has 0 aliphatic carbocycles. The lowest BCUT2D eigenvalue weighted by molar-refractivity contribution is 0.434. The van der Waals surface area contributed by atoms with Crippen molar-refractivity contribution in [1.29, 1.82) is 0 Å². The van der Waals surface area contributed by atoms with E-state index in [1.165, 1.54) is 0 Å². The molecule has 0 saturated carbocycles. The van der Waals surface area contributed by atoms with Crippen LogP contribution in [0.15, 0.2) is 15.8 Å². The molecule has 1 N–H and O–H groups in total. The van der Waals surface area contributed by atoms with Crippen LogP contribution in [0.2, 0.25) is 0 Å². The molecule has 108 valence electrons. The third-order valence-electron chi connectivity index (χ3n) is 3.59. The van der Waals surface area contributed by atoms with E-state index in [0.29, 0.717) is 11.8 Å². The average molecular weight is 293 g/mol. The Labute approximate surface area is 122 Å². The van der Waals surface area contributed by atoms with E-state index in [0.717, 1.165) is 48.4 Å². The number of aromatic nitrogens is 4. The molecule has 0 spiro atoms. The van der Waals surface area contributed by atoms with Crippen molar-refractivity contribution >= 4 is 11.8 Å². The quantitative estimate of drug-likeness (QED) is 0.868. The van der Waals surface area contributed by atoms with Gasteiger partial charge in [-0.15, -0.1) is 10.2 Å². The van der Waals surface area contributed by atoms with Crippen LogP contribution in [0.3, 0.4) is 0 Å². The molecule has 0 aromatic carbocycles. The maximum Gasteiger partial charge on any atom is 0.191 e. The number of nitrogens with zero attached hydrogens (tertiary/aromatic N) is 4. The molecule has 1 saturated heterocycles. The second-order valence-electron chi connectivity index (χ2n) is 5.07. The van der Waals surface area contributed by atoms with Gasteiger partial charge in [0.05, 0.1) is 5.69 Å². The van der Waals surface area contributed by atoms with Crippen LogP contribution in [0.1, 0.15) is 36.2 Å². The molecule has 0 unspecified atom stereocenters. The van der Waals surface area contributed by atoms with E-state index in [4.69, 9.17) is 4.42 Å². The highest BCUT2D eigenvalue weighted by molar-refractivity contribution is 7.98. The Balaban J connectivity index is 1.66. The topological polar surface area (TPSA) is 68.8 Å². The van der Waals surface area contributed by atoms with Gasteiger partial charge in [0, 0.05) is 25.6 Å². The fourth-order valence-electron chi connectivity index (χ4n) is 2.50. The molecule has 0 radical (unpaired) electrons. The van der Waals surface area contributed by atoms with Gasteiger partial charge in [0.15, 0.2) is 11.0 Å². The number of oxazole rings is 1. The van der Waals surface area contributed by atoms with E-state index < -0.39 is 0 Å². The number of thioether (sulfide) groups is 1. The van der Waals surface area contributed by atoms with Crippen LogP contribution in [0.25, 0.3) is 0 Å². The zero-order chi connectivity index (χ0) is 13.9. The van der Waals surface area contributed by atoms with Crippen LogP contribution in [0, 0.1) is 6.92 Å². The van der Waals surface area contributed by atoms with Crippen molar-refractivity contribution < 1.29 is 4.42 Å². The van der Waals surface area contributed by atoms with E-state index in [1.807, 2.05) is 14.0 Å². The summed E-state index contributed by atoms with van der Waals surface area (Å²) in [7, 11) is 2.05. The van der Waals surface area contributed by atoms with Gasteiger partial charge in [-0.05, 0) is 25.9 Å². The molecular weight excluding hydrogens is 274 g/mol. The normalized spacial score (nSPS) is 16.7.